The van der Waals surface area contributed by atoms with Gasteiger partial charge < -0.3 is 15.2 Å². The lowest BCUT2D eigenvalue weighted by atomic mass is 10.1. The summed E-state index contributed by atoms with van der Waals surface area (Å²) in [5.74, 6) is -1.09. The lowest BCUT2D eigenvalue weighted by molar-refractivity contribution is -0.392. The third-order valence-electron chi connectivity index (χ3n) is 3.67. The van der Waals surface area contributed by atoms with Gasteiger partial charge in [-0.1, -0.05) is 12.1 Å². The molecule has 1 aromatic carbocycles. The zero-order valence-corrected chi connectivity index (χ0v) is 12.0. The number of β-amino-alcohol motifs (C(OH)–C–C–N with tert-alkyl or cyclic N) is 1. The molecule has 23 heavy (non-hydrogen) atoms. The zero-order chi connectivity index (χ0) is 16.6. The van der Waals surface area contributed by atoms with Gasteiger partial charge in [0.1, 0.15) is 12.6 Å². The van der Waals surface area contributed by atoms with E-state index in [-0.39, 0.29) is 18.9 Å². The number of hydrogen-bond acceptors (Lipinski definition) is 5. The summed E-state index contributed by atoms with van der Waals surface area (Å²) in [4.78, 5) is 35.6. The molecule has 118 valence electrons. The molecule has 1 N–H and O–H groups in total. The fourth-order valence-electron chi connectivity index (χ4n) is 2.63. The summed E-state index contributed by atoms with van der Waals surface area (Å²) < 4.78 is 1.27. The fraction of sp³-hybridized carbons (Fsp3) is 0.200. The number of nitro groups is 1. The van der Waals surface area contributed by atoms with Gasteiger partial charge in [0, 0.05) is 6.07 Å². The number of benzene rings is 1. The predicted molar refractivity (Wildman–Crippen MR) is 78.9 cm³/mol. The lowest BCUT2D eigenvalue weighted by Crippen LogP contribution is -2.38. The maximum atomic E-state index is 12.2. The molecule has 2 aromatic rings. The van der Waals surface area contributed by atoms with E-state index in [0.717, 1.165) is 4.90 Å². The minimum absolute atomic E-state index is 0.0866. The smallest absolute Gasteiger partial charge is 0.323 e. The van der Waals surface area contributed by atoms with Gasteiger partial charge in [0.05, 0.1) is 23.9 Å². The van der Waals surface area contributed by atoms with Crippen molar-refractivity contribution in [3.05, 3.63) is 63.8 Å². The maximum Gasteiger partial charge on any atom is 0.323 e. The maximum absolute atomic E-state index is 12.2. The molecule has 1 aliphatic heterocycles. The van der Waals surface area contributed by atoms with E-state index < -0.39 is 22.8 Å². The summed E-state index contributed by atoms with van der Waals surface area (Å²) in [6.45, 7) is -0.307. The van der Waals surface area contributed by atoms with Crippen LogP contribution in [0.5, 0.6) is 0 Å². The highest BCUT2D eigenvalue weighted by atomic mass is 16.6. The first-order valence-electron chi connectivity index (χ1n) is 6.92. The minimum atomic E-state index is -1.11. The van der Waals surface area contributed by atoms with Crippen LogP contribution < -0.4 is 0 Å². The van der Waals surface area contributed by atoms with Crippen molar-refractivity contribution in [3.63, 3.8) is 0 Å². The molecular weight excluding hydrogens is 302 g/mol. The molecular formula is C15H13N3O5. The number of nitrogens with zero attached hydrogens (tertiary/aromatic N) is 3. The molecule has 0 spiro atoms. The van der Waals surface area contributed by atoms with Crippen molar-refractivity contribution in [2.75, 3.05) is 6.54 Å². The topological polar surface area (TPSA) is 106 Å². The number of aliphatic hydroxyl groups is 1. The molecule has 0 unspecified atom stereocenters. The van der Waals surface area contributed by atoms with Crippen molar-refractivity contribution in [1.29, 1.82) is 0 Å². The number of carbonyl (C=O) groups is 2. The summed E-state index contributed by atoms with van der Waals surface area (Å²) in [6.07, 6.45) is 0.354. The Morgan fingerprint density at radius 2 is 1.65 bits per heavy atom. The Labute approximate surface area is 130 Å². The number of fused-ring (bicyclic) bond motifs is 1. The first kappa shape index (κ1) is 14.9. The molecule has 1 aromatic heterocycles. The lowest BCUT2D eigenvalue weighted by Gasteiger charge is -2.17. The highest BCUT2D eigenvalue weighted by molar-refractivity contribution is 6.21. The van der Waals surface area contributed by atoms with Gasteiger partial charge in [-0.2, -0.15) is 0 Å². The van der Waals surface area contributed by atoms with E-state index >= 15 is 0 Å². The molecule has 8 heteroatoms. The van der Waals surface area contributed by atoms with Crippen LogP contribution in [-0.4, -0.2) is 44.0 Å². The van der Waals surface area contributed by atoms with Crippen molar-refractivity contribution in [1.82, 2.24) is 9.47 Å². The van der Waals surface area contributed by atoms with Crippen LogP contribution in [0, 0.1) is 10.1 Å². The third-order valence-corrected chi connectivity index (χ3v) is 3.67. The van der Waals surface area contributed by atoms with Crippen LogP contribution >= 0.6 is 0 Å². The van der Waals surface area contributed by atoms with Crippen LogP contribution in [0.2, 0.25) is 0 Å². The molecule has 0 fully saturated rings. The van der Waals surface area contributed by atoms with Gasteiger partial charge in [0.25, 0.3) is 11.8 Å². The average molecular weight is 315 g/mol. The van der Waals surface area contributed by atoms with Crippen LogP contribution in [0.15, 0.2) is 42.6 Å². The van der Waals surface area contributed by atoms with E-state index in [1.165, 1.54) is 22.9 Å². The summed E-state index contributed by atoms with van der Waals surface area (Å²) in [5, 5.41) is 21.0. The van der Waals surface area contributed by atoms with Crippen molar-refractivity contribution >= 4 is 17.6 Å². The minimum Gasteiger partial charge on any atom is -0.387 e. The molecule has 8 nitrogen and oxygen atoms in total. The quantitative estimate of drug-likeness (QED) is 0.504. The molecule has 2 amide bonds. The fourth-order valence-corrected chi connectivity index (χ4v) is 2.63. The van der Waals surface area contributed by atoms with Gasteiger partial charge in [-0.05, 0) is 23.1 Å². The molecule has 0 aliphatic carbocycles. The van der Waals surface area contributed by atoms with Crippen molar-refractivity contribution in [2.45, 2.75) is 12.6 Å². The van der Waals surface area contributed by atoms with Crippen LogP contribution in [0.25, 0.3) is 0 Å². The molecule has 0 radical (unpaired) electrons. The van der Waals surface area contributed by atoms with Gasteiger partial charge in [-0.3, -0.25) is 14.5 Å². The monoisotopic (exact) mass is 315 g/mol. The SMILES string of the molecule is O=C1c2ccccc2C(=O)N1C[C@@H](O)Cn1cccc1[N+](=O)[O-]. The van der Waals surface area contributed by atoms with E-state index in [1.807, 2.05) is 0 Å². The Bertz CT molecular complexity index is 763. The van der Waals surface area contributed by atoms with Crippen molar-refractivity contribution in [3.8, 4) is 0 Å². The average Bonchev–Trinajstić information content (AvgIpc) is 3.07. The number of hydrogen-bond donors (Lipinski definition) is 1. The Balaban J connectivity index is 1.73. The molecule has 2 heterocycles. The highest BCUT2D eigenvalue weighted by Gasteiger charge is 2.36. The number of rotatable bonds is 5. The molecule has 3 rings (SSSR count). The van der Waals surface area contributed by atoms with E-state index in [1.54, 1.807) is 24.3 Å². The Morgan fingerprint density at radius 1 is 1.04 bits per heavy atom. The molecule has 1 aliphatic rings. The third kappa shape index (κ3) is 2.59. The molecule has 0 saturated heterocycles. The van der Waals surface area contributed by atoms with Crippen molar-refractivity contribution in [2.24, 2.45) is 0 Å². The van der Waals surface area contributed by atoms with E-state index in [2.05, 4.69) is 0 Å². The van der Waals surface area contributed by atoms with Gasteiger partial charge in [0.15, 0.2) is 0 Å². The van der Waals surface area contributed by atoms with Crippen LogP contribution in [0.3, 0.4) is 0 Å². The van der Waals surface area contributed by atoms with E-state index in [0.29, 0.717) is 11.1 Å². The van der Waals surface area contributed by atoms with Crippen LogP contribution in [0.1, 0.15) is 20.7 Å². The van der Waals surface area contributed by atoms with E-state index in [9.17, 15) is 24.8 Å². The normalized spacial score (nSPS) is 14.9. The Morgan fingerprint density at radius 3 is 2.22 bits per heavy atom. The van der Waals surface area contributed by atoms with Gasteiger partial charge >= 0.3 is 5.82 Å². The van der Waals surface area contributed by atoms with Gasteiger partial charge in [0.2, 0.25) is 0 Å². The molecule has 0 saturated carbocycles. The van der Waals surface area contributed by atoms with Crippen LogP contribution in [0.4, 0.5) is 5.82 Å². The highest BCUT2D eigenvalue weighted by Crippen LogP contribution is 2.23. The molecule has 1 atom stereocenters. The predicted octanol–water partition coefficient (Wildman–Crippen LogP) is 1.05. The van der Waals surface area contributed by atoms with Gasteiger partial charge in [-0.25, -0.2) is 4.57 Å². The largest absolute Gasteiger partial charge is 0.387 e. The molecule has 0 bridgehead atoms. The second-order valence-corrected chi connectivity index (χ2v) is 5.20. The Kier molecular flexibility index (Phi) is 3.67. The number of imide groups is 1. The summed E-state index contributed by atoms with van der Waals surface area (Å²) in [7, 11) is 0. The first-order valence-corrected chi connectivity index (χ1v) is 6.92. The standard InChI is InChI=1S/C15H13N3O5/c19-10(8-16-7-3-6-13(16)18(22)23)9-17-14(20)11-4-1-2-5-12(11)15(17)21/h1-7,10,19H,8-9H2/t10-/m0/s1. The second-order valence-electron chi connectivity index (χ2n) is 5.20. The van der Waals surface area contributed by atoms with E-state index in [4.69, 9.17) is 0 Å². The van der Waals surface area contributed by atoms with Gasteiger partial charge in [-0.15, -0.1) is 0 Å². The van der Waals surface area contributed by atoms with Crippen molar-refractivity contribution < 1.29 is 19.6 Å². The first-order chi connectivity index (χ1) is 11.0. The summed E-state index contributed by atoms with van der Waals surface area (Å²) in [5.41, 5.74) is 0.605. The van der Waals surface area contributed by atoms with Crippen LogP contribution in [-0.2, 0) is 6.54 Å². The number of amides is 2. The number of aliphatic hydroxyl groups excluding tert-OH is 1. The second kappa shape index (κ2) is 5.65. The summed E-state index contributed by atoms with van der Waals surface area (Å²) >= 11 is 0. The zero-order valence-electron chi connectivity index (χ0n) is 12.0. The Hall–Kier alpha value is -3.00. The number of carbonyl (C=O) groups excluding carboxylic acids is 2. The number of aromatic nitrogens is 1. The summed E-state index contributed by atoms with van der Waals surface area (Å²) in [6, 6.07) is 9.24.